The Kier molecular flexibility index (Phi) is 7.13. The summed E-state index contributed by atoms with van der Waals surface area (Å²) < 4.78 is 0.935. The predicted octanol–water partition coefficient (Wildman–Crippen LogP) is -1.35. The van der Waals surface area contributed by atoms with E-state index in [1.807, 2.05) is 6.07 Å². The van der Waals surface area contributed by atoms with Gasteiger partial charge in [-0.2, -0.15) is 0 Å². The van der Waals surface area contributed by atoms with E-state index < -0.39 is 0 Å². The number of hydrogen-bond donors (Lipinski definition) is 1. The molecule has 0 aliphatic heterocycles. The molecule has 0 aliphatic rings. The van der Waals surface area contributed by atoms with Gasteiger partial charge in [0.2, 0.25) is 0 Å². The van der Waals surface area contributed by atoms with Crippen LogP contribution in [0.1, 0.15) is 12.0 Å². The second kappa shape index (κ2) is 7.19. The zero-order valence-corrected chi connectivity index (χ0v) is 11.6. The van der Waals surface area contributed by atoms with Crippen molar-refractivity contribution in [2.45, 2.75) is 13.0 Å². The zero-order valence-electron chi connectivity index (χ0n) is 9.49. The number of benzene rings is 1. The fourth-order valence-electron chi connectivity index (χ4n) is 1.66. The first kappa shape index (κ1) is 14.9. The summed E-state index contributed by atoms with van der Waals surface area (Å²) in [5.41, 5.74) is 1.36. The number of nitrogens with zero attached hydrogens (tertiary/aromatic N) is 1. The highest BCUT2D eigenvalue weighted by Crippen LogP contribution is 2.09. The Hall–Kier alpha value is -0.130. The summed E-state index contributed by atoms with van der Waals surface area (Å²) in [6, 6.07) is 10.5. The SMILES string of the molecule is C[N+](C)(CCCO)Cc1ccccc1.[I-]. The quantitative estimate of drug-likeness (QED) is 0.525. The van der Waals surface area contributed by atoms with Gasteiger partial charge in [-0.3, -0.25) is 0 Å². The van der Waals surface area contributed by atoms with Crippen LogP contribution >= 0.6 is 0 Å². The van der Waals surface area contributed by atoms with E-state index in [4.69, 9.17) is 5.11 Å². The second-order valence-corrected chi connectivity index (χ2v) is 4.38. The smallest absolute Gasteiger partial charge is 0.104 e. The highest BCUT2D eigenvalue weighted by Gasteiger charge is 2.14. The van der Waals surface area contributed by atoms with Gasteiger partial charge in [-0.15, -0.1) is 0 Å². The normalized spacial score (nSPS) is 10.9. The minimum Gasteiger partial charge on any atom is -1.00 e. The van der Waals surface area contributed by atoms with Crippen molar-refractivity contribution in [3.05, 3.63) is 35.9 Å². The Morgan fingerprint density at radius 3 is 2.27 bits per heavy atom. The summed E-state index contributed by atoms with van der Waals surface area (Å²) in [7, 11) is 4.39. The lowest BCUT2D eigenvalue weighted by Crippen LogP contribution is -3.00. The molecule has 0 aliphatic carbocycles. The van der Waals surface area contributed by atoms with Gasteiger partial charge < -0.3 is 33.6 Å². The molecule has 0 atom stereocenters. The van der Waals surface area contributed by atoms with Crippen LogP contribution in [-0.4, -0.2) is 36.8 Å². The predicted molar refractivity (Wildman–Crippen MR) is 58.8 cm³/mol. The Morgan fingerprint density at radius 2 is 1.73 bits per heavy atom. The van der Waals surface area contributed by atoms with Gasteiger partial charge >= 0.3 is 0 Å². The zero-order chi connectivity index (χ0) is 10.4. The van der Waals surface area contributed by atoms with E-state index in [2.05, 4.69) is 38.4 Å². The largest absolute Gasteiger partial charge is 1.00 e. The third-order valence-corrected chi connectivity index (χ3v) is 2.37. The van der Waals surface area contributed by atoms with Crippen LogP contribution < -0.4 is 24.0 Å². The minimum atomic E-state index is 0. The van der Waals surface area contributed by atoms with Gasteiger partial charge in [-0.1, -0.05) is 30.3 Å². The van der Waals surface area contributed by atoms with E-state index in [9.17, 15) is 0 Å². The molecule has 0 spiro atoms. The van der Waals surface area contributed by atoms with Crippen LogP contribution in [0.3, 0.4) is 0 Å². The van der Waals surface area contributed by atoms with Gasteiger partial charge in [0.15, 0.2) is 0 Å². The molecule has 0 aromatic heterocycles. The molecule has 2 nitrogen and oxygen atoms in total. The summed E-state index contributed by atoms with van der Waals surface area (Å²) in [4.78, 5) is 0. The van der Waals surface area contributed by atoms with Crippen molar-refractivity contribution < 1.29 is 33.6 Å². The van der Waals surface area contributed by atoms with Crippen LogP contribution in [0.15, 0.2) is 30.3 Å². The number of quaternary nitrogens is 1. The van der Waals surface area contributed by atoms with E-state index in [1.54, 1.807) is 0 Å². The van der Waals surface area contributed by atoms with Crippen LogP contribution in [0.25, 0.3) is 0 Å². The van der Waals surface area contributed by atoms with Gasteiger partial charge in [0, 0.05) is 18.6 Å². The highest BCUT2D eigenvalue weighted by atomic mass is 127. The Bertz CT molecular complexity index is 262. The van der Waals surface area contributed by atoms with Crippen LogP contribution in [0.2, 0.25) is 0 Å². The third-order valence-electron chi connectivity index (χ3n) is 2.37. The molecule has 15 heavy (non-hydrogen) atoms. The van der Waals surface area contributed by atoms with Gasteiger partial charge in [0.05, 0.1) is 20.6 Å². The van der Waals surface area contributed by atoms with Gasteiger partial charge in [-0.05, 0) is 0 Å². The van der Waals surface area contributed by atoms with Crippen molar-refractivity contribution >= 4 is 0 Å². The first-order valence-corrected chi connectivity index (χ1v) is 5.11. The molecule has 0 heterocycles. The average Bonchev–Trinajstić information content (AvgIpc) is 2.16. The minimum absolute atomic E-state index is 0. The third kappa shape index (κ3) is 6.12. The number of aliphatic hydroxyl groups is 1. The number of hydrogen-bond acceptors (Lipinski definition) is 1. The molecule has 1 N–H and O–H groups in total. The summed E-state index contributed by atoms with van der Waals surface area (Å²) in [6.45, 7) is 2.34. The molecule has 0 radical (unpaired) electrons. The van der Waals surface area contributed by atoms with Crippen molar-refractivity contribution in [1.82, 2.24) is 0 Å². The maximum atomic E-state index is 8.79. The first-order chi connectivity index (χ1) is 6.64. The molecule has 1 aromatic rings. The summed E-state index contributed by atoms with van der Waals surface area (Å²) in [5.74, 6) is 0. The molecule has 0 fully saturated rings. The monoisotopic (exact) mass is 321 g/mol. The maximum absolute atomic E-state index is 8.79. The van der Waals surface area contributed by atoms with Gasteiger partial charge in [0.1, 0.15) is 6.54 Å². The second-order valence-electron chi connectivity index (χ2n) is 4.38. The van der Waals surface area contributed by atoms with Crippen LogP contribution in [0.4, 0.5) is 0 Å². The van der Waals surface area contributed by atoms with E-state index in [0.717, 1.165) is 24.0 Å². The molecule has 86 valence electrons. The van der Waals surface area contributed by atoms with Gasteiger partial charge in [-0.25, -0.2) is 0 Å². The molecule has 3 heteroatoms. The van der Waals surface area contributed by atoms with E-state index >= 15 is 0 Å². The average molecular weight is 321 g/mol. The summed E-state index contributed by atoms with van der Waals surface area (Å²) in [5, 5.41) is 8.79. The van der Waals surface area contributed by atoms with Crippen LogP contribution in [0, 0.1) is 0 Å². The van der Waals surface area contributed by atoms with Crippen molar-refractivity contribution in [2.75, 3.05) is 27.2 Å². The highest BCUT2D eigenvalue weighted by molar-refractivity contribution is 5.13. The van der Waals surface area contributed by atoms with Crippen molar-refractivity contribution in [2.24, 2.45) is 0 Å². The molecule has 0 saturated carbocycles. The molecular weight excluding hydrogens is 301 g/mol. The molecular formula is C12H20INO. The van der Waals surface area contributed by atoms with Gasteiger partial charge in [0.25, 0.3) is 0 Å². The van der Waals surface area contributed by atoms with E-state index in [0.29, 0.717) is 0 Å². The molecule has 0 amide bonds. The van der Waals surface area contributed by atoms with E-state index in [-0.39, 0.29) is 30.6 Å². The fraction of sp³-hybridized carbons (Fsp3) is 0.500. The fourth-order valence-corrected chi connectivity index (χ4v) is 1.66. The molecule has 0 saturated heterocycles. The Labute approximate surface area is 110 Å². The summed E-state index contributed by atoms with van der Waals surface area (Å²) >= 11 is 0. The standard InChI is InChI=1S/C12H20NO.HI/c1-13(2,9-6-10-14)11-12-7-4-3-5-8-12;/h3-5,7-8,14H,6,9-11H2,1-2H3;1H/q+1;/p-1. The maximum Gasteiger partial charge on any atom is 0.104 e. The topological polar surface area (TPSA) is 20.2 Å². The van der Waals surface area contributed by atoms with Crippen molar-refractivity contribution in [3.63, 3.8) is 0 Å². The first-order valence-electron chi connectivity index (χ1n) is 5.11. The molecule has 0 bridgehead atoms. The van der Waals surface area contributed by atoms with Crippen LogP contribution in [-0.2, 0) is 6.54 Å². The molecule has 0 unspecified atom stereocenters. The van der Waals surface area contributed by atoms with Crippen molar-refractivity contribution in [3.8, 4) is 0 Å². The van der Waals surface area contributed by atoms with Crippen LogP contribution in [0.5, 0.6) is 0 Å². The number of rotatable bonds is 5. The van der Waals surface area contributed by atoms with Crippen molar-refractivity contribution in [1.29, 1.82) is 0 Å². The lowest BCUT2D eigenvalue weighted by atomic mass is 10.2. The lowest BCUT2D eigenvalue weighted by Gasteiger charge is -2.29. The number of aliphatic hydroxyl groups excluding tert-OH is 1. The van der Waals surface area contributed by atoms with E-state index in [1.165, 1.54) is 5.56 Å². The lowest BCUT2D eigenvalue weighted by molar-refractivity contribution is -0.903. The summed E-state index contributed by atoms with van der Waals surface area (Å²) in [6.07, 6.45) is 0.875. The number of halogens is 1. The molecule has 1 aromatic carbocycles. The Balaban J connectivity index is 0.00000196. The Morgan fingerprint density at radius 1 is 1.13 bits per heavy atom. The molecule has 1 rings (SSSR count).